The molecule has 1 aliphatic rings. The number of carbonyl (C=O) groups is 1. The lowest BCUT2D eigenvalue weighted by Crippen LogP contribution is -2.36. The van der Waals surface area contributed by atoms with Crippen molar-refractivity contribution in [1.82, 2.24) is 15.2 Å². The lowest BCUT2D eigenvalue weighted by molar-refractivity contribution is 0.0998. The molecule has 0 aliphatic carbocycles. The molecule has 3 heterocycles. The molecule has 0 atom stereocenters. The van der Waals surface area contributed by atoms with Gasteiger partial charge in [-0.05, 0) is 37.0 Å². The molecular weight excluding hydrogens is 378 g/mol. The van der Waals surface area contributed by atoms with Crippen LogP contribution in [0.25, 0.3) is 0 Å². The molecule has 0 radical (unpaired) electrons. The zero-order valence-electron chi connectivity index (χ0n) is 17.2. The van der Waals surface area contributed by atoms with Gasteiger partial charge >= 0.3 is 0 Å². The Morgan fingerprint density at radius 2 is 1.83 bits per heavy atom. The Kier molecular flexibility index (Phi) is 6.09. The quantitative estimate of drug-likeness (QED) is 0.629. The van der Waals surface area contributed by atoms with E-state index < -0.39 is 5.91 Å². The van der Waals surface area contributed by atoms with Crippen molar-refractivity contribution in [2.75, 3.05) is 31.2 Å². The Morgan fingerprint density at radius 3 is 2.50 bits per heavy atom. The second-order valence-electron chi connectivity index (χ2n) is 7.67. The number of ether oxygens (including phenoxy) is 1. The SMILES string of the molecule is Cc1ccc(CCc2n[nH]c(Cc3ccc(N4CCOCC4)nc3)c2C(N)=O)cc1. The number of carbonyl (C=O) groups excluding carboxylic acids is 1. The van der Waals surface area contributed by atoms with Crippen LogP contribution in [0.3, 0.4) is 0 Å². The van der Waals surface area contributed by atoms with Crippen LogP contribution >= 0.6 is 0 Å². The summed E-state index contributed by atoms with van der Waals surface area (Å²) in [7, 11) is 0. The highest BCUT2D eigenvalue weighted by molar-refractivity contribution is 5.95. The summed E-state index contributed by atoms with van der Waals surface area (Å²) in [6.07, 6.45) is 3.85. The third-order valence-corrected chi connectivity index (χ3v) is 5.46. The molecule has 2 aromatic heterocycles. The molecular formula is C23H27N5O2. The van der Waals surface area contributed by atoms with Gasteiger partial charge in [0.15, 0.2) is 0 Å². The normalized spacial score (nSPS) is 14.1. The average molecular weight is 406 g/mol. The van der Waals surface area contributed by atoms with Crippen molar-refractivity contribution >= 4 is 11.7 Å². The van der Waals surface area contributed by atoms with Gasteiger partial charge in [-0.3, -0.25) is 9.89 Å². The monoisotopic (exact) mass is 405 g/mol. The summed E-state index contributed by atoms with van der Waals surface area (Å²) in [5, 5.41) is 7.41. The molecule has 3 aromatic rings. The van der Waals surface area contributed by atoms with Crippen molar-refractivity contribution in [3.63, 3.8) is 0 Å². The number of nitrogens with zero attached hydrogens (tertiary/aromatic N) is 3. The number of morpholine rings is 1. The molecule has 1 saturated heterocycles. The second kappa shape index (κ2) is 9.09. The molecule has 3 N–H and O–H groups in total. The lowest BCUT2D eigenvalue weighted by atomic mass is 10.0. The minimum absolute atomic E-state index is 0.449. The first kappa shape index (κ1) is 20.1. The summed E-state index contributed by atoms with van der Waals surface area (Å²) in [6.45, 7) is 5.22. The van der Waals surface area contributed by atoms with Crippen molar-refractivity contribution in [2.24, 2.45) is 5.73 Å². The standard InChI is InChI=1S/C23H27N5O2/c1-16-2-4-17(5-3-16)6-8-19-22(23(24)29)20(27-26-19)14-18-7-9-21(25-15-18)28-10-12-30-13-11-28/h2-5,7,9,15H,6,8,10-14H2,1H3,(H2,24,29)(H,26,27). The number of benzene rings is 1. The highest BCUT2D eigenvalue weighted by Crippen LogP contribution is 2.19. The van der Waals surface area contributed by atoms with Crippen LogP contribution < -0.4 is 10.6 Å². The van der Waals surface area contributed by atoms with Gasteiger partial charge in [0.05, 0.1) is 30.2 Å². The van der Waals surface area contributed by atoms with Gasteiger partial charge in [-0.15, -0.1) is 0 Å². The molecule has 7 heteroatoms. The molecule has 1 aliphatic heterocycles. The van der Waals surface area contributed by atoms with Crippen LogP contribution in [0.2, 0.25) is 0 Å². The third kappa shape index (κ3) is 4.68. The van der Waals surface area contributed by atoms with Crippen molar-refractivity contribution < 1.29 is 9.53 Å². The minimum Gasteiger partial charge on any atom is -0.378 e. The van der Waals surface area contributed by atoms with E-state index >= 15 is 0 Å². The van der Waals surface area contributed by atoms with E-state index in [1.54, 1.807) is 0 Å². The molecule has 1 aromatic carbocycles. The highest BCUT2D eigenvalue weighted by Gasteiger charge is 2.19. The van der Waals surface area contributed by atoms with Gasteiger partial charge in [-0.2, -0.15) is 5.10 Å². The summed E-state index contributed by atoms with van der Waals surface area (Å²) < 4.78 is 5.39. The van der Waals surface area contributed by atoms with E-state index in [0.29, 0.717) is 18.4 Å². The number of aryl methyl sites for hydroxylation is 3. The maximum absolute atomic E-state index is 12.1. The van der Waals surface area contributed by atoms with E-state index in [-0.39, 0.29) is 0 Å². The van der Waals surface area contributed by atoms with Gasteiger partial charge in [-0.1, -0.05) is 35.9 Å². The second-order valence-corrected chi connectivity index (χ2v) is 7.67. The van der Waals surface area contributed by atoms with Crippen molar-refractivity contribution in [2.45, 2.75) is 26.2 Å². The number of amides is 1. The van der Waals surface area contributed by atoms with Crippen LogP contribution in [0.15, 0.2) is 42.6 Å². The van der Waals surface area contributed by atoms with Crippen LogP contribution in [0, 0.1) is 6.92 Å². The summed E-state index contributed by atoms with van der Waals surface area (Å²) in [4.78, 5) is 18.9. The first-order chi connectivity index (χ1) is 14.6. The Balaban J connectivity index is 1.46. The fourth-order valence-electron chi connectivity index (χ4n) is 3.74. The Morgan fingerprint density at radius 1 is 1.10 bits per heavy atom. The number of anilines is 1. The zero-order valence-corrected chi connectivity index (χ0v) is 17.2. The smallest absolute Gasteiger partial charge is 0.252 e. The molecule has 0 saturated carbocycles. The van der Waals surface area contributed by atoms with E-state index in [4.69, 9.17) is 10.5 Å². The van der Waals surface area contributed by atoms with E-state index in [2.05, 4.69) is 51.3 Å². The lowest BCUT2D eigenvalue weighted by Gasteiger charge is -2.27. The van der Waals surface area contributed by atoms with Crippen LogP contribution in [-0.4, -0.2) is 47.4 Å². The Labute approximate surface area is 176 Å². The largest absolute Gasteiger partial charge is 0.378 e. The number of nitrogens with one attached hydrogen (secondary N) is 1. The Bertz CT molecular complexity index is 989. The third-order valence-electron chi connectivity index (χ3n) is 5.46. The predicted molar refractivity (Wildman–Crippen MR) is 116 cm³/mol. The molecule has 4 rings (SSSR count). The van der Waals surface area contributed by atoms with Crippen LogP contribution in [0.4, 0.5) is 5.82 Å². The van der Waals surface area contributed by atoms with Crippen molar-refractivity contribution in [1.29, 1.82) is 0 Å². The van der Waals surface area contributed by atoms with Crippen LogP contribution in [-0.2, 0) is 24.0 Å². The molecule has 1 amide bonds. The average Bonchev–Trinajstić information content (AvgIpc) is 3.17. The number of primary amides is 1. The number of rotatable bonds is 7. The van der Waals surface area contributed by atoms with Crippen molar-refractivity contribution in [3.05, 3.63) is 76.2 Å². The number of nitrogens with two attached hydrogens (primary N) is 1. The number of hydrogen-bond acceptors (Lipinski definition) is 5. The zero-order chi connectivity index (χ0) is 20.9. The molecule has 0 unspecified atom stereocenters. The van der Waals surface area contributed by atoms with Gasteiger partial charge in [0.1, 0.15) is 5.82 Å². The molecule has 0 bridgehead atoms. The highest BCUT2D eigenvalue weighted by atomic mass is 16.5. The molecule has 156 valence electrons. The van der Waals surface area contributed by atoms with Gasteiger partial charge in [0.2, 0.25) is 0 Å². The number of hydrogen-bond donors (Lipinski definition) is 2. The predicted octanol–water partition coefficient (Wildman–Crippen LogP) is 2.42. The summed E-state index contributed by atoms with van der Waals surface area (Å²) in [5.74, 6) is 0.496. The fraction of sp³-hybridized carbons (Fsp3) is 0.348. The maximum Gasteiger partial charge on any atom is 0.252 e. The number of H-pyrrole nitrogens is 1. The molecule has 7 nitrogen and oxygen atoms in total. The van der Waals surface area contributed by atoms with Crippen LogP contribution in [0.1, 0.15) is 38.4 Å². The number of pyridine rings is 1. The topological polar surface area (TPSA) is 97.1 Å². The summed E-state index contributed by atoms with van der Waals surface area (Å²) in [6, 6.07) is 12.4. The van der Waals surface area contributed by atoms with E-state index in [1.165, 1.54) is 11.1 Å². The molecule has 0 spiro atoms. The van der Waals surface area contributed by atoms with Gasteiger partial charge in [0, 0.05) is 25.7 Å². The summed E-state index contributed by atoms with van der Waals surface area (Å²) in [5.41, 5.74) is 11.1. The van der Waals surface area contributed by atoms with E-state index in [9.17, 15) is 4.79 Å². The van der Waals surface area contributed by atoms with Crippen molar-refractivity contribution in [3.8, 4) is 0 Å². The van der Waals surface area contributed by atoms with Gasteiger partial charge < -0.3 is 15.4 Å². The van der Waals surface area contributed by atoms with Gasteiger partial charge in [0.25, 0.3) is 5.91 Å². The minimum atomic E-state index is -0.449. The first-order valence-corrected chi connectivity index (χ1v) is 10.3. The number of aromatic amines is 1. The molecule has 1 fully saturated rings. The summed E-state index contributed by atoms with van der Waals surface area (Å²) >= 11 is 0. The number of aromatic nitrogens is 3. The van der Waals surface area contributed by atoms with E-state index in [1.807, 2.05) is 18.3 Å². The van der Waals surface area contributed by atoms with Gasteiger partial charge in [-0.25, -0.2) is 4.98 Å². The maximum atomic E-state index is 12.1. The molecule has 30 heavy (non-hydrogen) atoms. The van der Waals surface area contributed by atoms with E-state index in [0.717, 1.165) is 55.5 Å². The fourth-order valence-corrected chi connectivity index (χ4v) is 3.74. The van der Waals surface area contributed by atoms with Crippen LogP contribution in [0.5, 0.6) is 0 Å². The first-order valence-electron chi connectivity index (χ1n) is 10.3. The Hall–Kier alpha value is -3.19.